The molecule has 0 aliphatic carbocycles. The Kier molecular flexibility index (Phi) is 4.58. The quantitative estimate of drug-likeness (QED) is 0.499. The number of nitrogens with zero attached hydrogens (tertiary/aromatic N) is 3. The van der Waals surface area contributed by atoms with Crippen LogP contribution in [0.25, 0.3) is 10.4 Å². The third-order valence-corrected chi connectivity index (χ3v) is 2.38. The first kappa shape index (κ1) is 12.0. The van der Waals surface area contributed by atoms with E-state index < -0.39 is 12.2 Å². The highest BCUT2D eigenvalue weighted by atomic mass is 79.9. The molecule has 15 heavy (non-hydrogen) atoms. The molecule has 0 spiro atoms. The molecule has 0 radical (unpaired) electrons. The first-order valence-electron chi connectivity index (χ1n) is 4.27. The fraction of sp³-hybridized carbons (Fsp3) is 0.333. The number of benzene rings is 1. The van der Waals surface area contributed by atoms with Gasteiger partial charge in [-0.3, -0.25) is 0 Å². The summed E-state index contributed by atoms with van der Waals surface area (Å²) in [5.41, 5.74) is 8.64. The van der Waals surface area contributed by atoms with Crippen molar-refractivity contribution in [2.24, 2.45) is 5.11 Å². The van der Waals surface area contributed by atoms with Gasteiger partial charge < -0.3 is 10.2 Å². The summed E-state index contributed by atoms with van der Waals surface area (Å²) in [6.45, 7) is -0.149. The molecule has 0 aliphatic rings. The topological polar surface area (TPSA) is 89.2 Å². The van der Waals surface area contributed by atoms with Crippen LogP contribution in [0.1, 0.15) is 11.7 Å². The SMILES string of the molecule is [N-]=[N+]=NCC(O)C(O)c1cccc(Br)c1. The van der Waals surface area contributed by atoms with Crippen molar-refractivity contribution in [3.8, 4) is 0 Å². The van der Waals surface area contributed by atoms with E-state index in [1.54, 1.807) is 18.2 Å². The zero-order valence-corrected chi connectivity index (χ0v) is 9.37. The molecular formula is C9H10BrN3O2. The van der Waals surface area contributed by atoms with Crippen LogP contribution >= 0.6 is 15.9 Å². The lowest BCUT2D eigenvalue weighted by atomic mass is 10.0. The fourth-order valence-electron chi connectivity index (χ4n) is 1.13. The van der Waals surface area contributed by atoms with Gasteiger partial charge >= 0.3 is 0 Å². The van der Waals surface area contributed by atoms with Gasteiger partial charge in [-0.05, 0) is 23.2 Å². The lowest BCUT2D eigenvalue weighted by Crippen LogP contribution is -2.21. The zero-order chi connectivity index (χ0) is 11.3. The number of aliphatic hydroxyl groups excluding tert-OH is 2. The van der Waals surface area contributed by atoms with Crippen molar-refractivity contribution < 1.29 is 10.2 Å². The Hall–Kier alpha value is -1.07. The Morgan fingerprint density at radius 1 is 1.47 bits per heavy atom. The predicted octanol–water partition coefficient (Wildman–Crippen LogP) is 2.15. The summed E-state index contributed by atoms with van der Waals surface area (Å²) in [5.74, 6) is 0. The first-order chi connectivity index (χ1) is 7.15. The van der Waals surface area contributed by atoms with E-state index in [0.717, 1.165) is 4.47 Å². The minimum atomic E-state index is -1.09. The number of hydrogen-bond donors (Lipinski definition) is 2. The van der Waals surface area contributed by atoms with Gasteiger partial charge in [0.05, 0.1) is 12.6 Å². The second-order valence-corrected chi connectivity index (χ2v) is 3.90. The molecular weight excluding hydrogens is 262 g/mol. The number of azide groups is 1. The van der Waals surface area contributed by atoms with E-state index in [4.69, 9.17) is 5.53 Å². The maximum absolute atomic E-state index is 9.69. The monoisotopic (exact) mass is 271 g/mol. The lowest BCUT2D eigenvalue weighted by Gasteiger charge is -2.16. The third kappa shape index (κ3) is 3.53. The van der Waals surface area contributed by atoms with E-state index in [-0.39, 0.29) is 6.54 Å². The van der Waals surface area contributed by atoms with Crippen molar-refractivity contribution >= 4 is 15.9 Å². The van der Waals surface area contributed by atoms with Crippen molar-refractivity contribution in [3.05, 3.63) is 44.7 Å². The minimum Gasteiger partial charge on any atom is -0.390 e. The van der Waals surface area contributed by atoms with E-state index in [1.165, 1.54) is 0 Å². The molecule has 2 N–H and O–H groups in total. The second kappa shape index (κ2) is 5.72. The highest BCUT2D eigenvalue weighted by Gasteiger charge is 2.17. The van der Waals surface area contributed by atoms with Gasteiger partial charge in [0.25, 0.3) is 0 Å². The molecule has 0 saturated heterocycles. The van der Waals surface area contributed by atoms with Gasteiger partial charge in [-0.2, -0.15) is 0 Å². The highest BCUT2D eigenvalue weighted by Crippen LogP contribution is 2.20. The van der Waals surface area contributed by atoms with E-state index >= 15 is 0 Å². The maximum Gasteiger partial charge on any atom is 0.105 e. The molecule has 1 aromatic carbocycles. The van der Waals surface area contributed by atoms with E-state index in [0.29, 0.717) is 5.56 Å². The molecule has 0 bridgehead atoms. The molecule has 1 rings (SSSR count). The summed E-state index contributed by atoms with van der Waals surface area (Å²) < 4.78 is 0.815. The van der Waals surface area contributed by atoms with Gasteiger partial charge in [-0.1, -0.05) is 33.2 Å². The molecule has 0 saturated carbocycles. The molecule has 2 atom stereocenters. The summed E-state index contributed by atoms with van der Waals surface area (Å²) in [4.78, 5) is 2.51. The molecule has 0 aromatic heterocycles. The van der Waals surface area contributed by atoms with Crippen molar-refractivity contribution in [1.29, 1.82) is 0 Å². The van der Waals surface area contributed by atoms with Gasteiger partial charge in [0.15, 0.2) is 0 Å². The van der Waals surface area contributed by atoms with E-state index in [9.17, 15) is 10.2 Å². The summed E-state index contributed by atoms with van der Waals surface area (Å²) in [7, 11) is 0. The molecule has 0 amide bonds. The molecule has 2 unspecified atom stereocenters. The van der Waals surface area contributed by atoms with Crippen molar-refractivity contribution in [2.75, 3.05) is 6.54 Å². The molecule has 0 heterocycles. The number of aliphatic hydroxyl groups is 2. The van der Waals surface area contributed by atoms with Gasteiger partial charge in [0.1, 0.15) is 6.10 Å². The molecule has 0 fully saturated rings. The van der Waals surface area contributed by atoms with Crippen LogP contribution in [0.5, 0.6) is 0 Å². The van der Waals surface area contributed by atoms with Crippen LogP contribution in [-0.2, 0) is 0 Å². The van der Waals surface area contributed by atoms with Crippen LogP contribution in [0.3, 0.4) is 0 Å². The average molecular weight is 272 g/mol. The Bertz CT molecular complexity index is 379. The standard InChI is InChI=1S/C9H10BrN3O2/c10-7-3-1-2-6(4-7)9(15)8(14)5-12-13-11/h1-4,8-9,14-15H,5H2. The maximum atomic E-state index is 9.69. The van der Waals surface area contributed by atoms with Crippen LogP contribution in [0.2, 0.25) is 0 Å². The van der Waals surface area contributed by atoms with E-state index in [2.05, 4.69) is 26.0 Å². The molecule has 0 aliphatic heterocycles. The molecule has 1 aromatic rings. The Labute approximate surface area is 95.1 Å². The normalized spacial score (nSPS) is 14.1. The summed E-state index contributed by atoms with van der Waals surface area (Å²) in [6, 6.07) is 6.96. The third-order valence-electron chi connectivity index (χ3n) is 1.89. The van der Waals surface area contributed by atoms with Crippen LogP contribution in [0.4, 0.5) is 0 Å². The lowest BCUT2D eigenvalue weighted by molar-refractivity contribution is 0.0244. The van der Waals surface area contributed by atoms with Crippen LogP contribution < -0.4 is 0 Å². The Balaban J connectivity index is 2.75. The van der Waals surface area contributed by atoms with Gasteiger partial charge in [-0.25, -0.2) is 0 Å². The number of hydrogen-bond acceptors (Lipinski definition) is 3. The molecule has 80 valence electrons. The Morgan fingerprint density at radius 3 is 2.80 bits per heavy atom. The largest absolute Gasteiger partial charge is 0.390 e. The fourth-order valence-corrected chi connectivity index (χ4v) is 1.55. The predicted molar refractivity (Wildman–Crippen MR) is 59.1 cm³/mol. The van der Waals surface area contributed by atoms with Gasteiger partial charge in [-0.15, -0.1) is 0 Å². The smallest absolute Gasteiger partial charge is 0.105 e. The highest BCUT2D eigenvalue weighted by molar-refractivity contribution is 9.10. The second-order valence-electron chi connectivity index (χ2n) is 2.98. The van der Waals surface area contributed by atoms with Gasteiger partial charge in [0, 0.05) is 9.38 Å². The first-order valence-corrected chi connectivity index (χ1v) is 5.07. The van der Waals surface area contributed by atoms with Crippen LogP contribution in [-0.4, -0.2) is 22.9 Å². The molecule has 5 nitrogen and oxygen atoms in total. The summed E-state index contributed by atoms with van der Waals surface area (Å²) in [6.07, 6.45) is -2.14. The van der Waals surface area contributed by atoms with Gasteiger partial charge in [0.2, 0.25) is 0 Å². The van der Waals surface area contributed by atoms with Crippen LogP contribution in [0.15, 0.2) is 33.9 Å². The number of halogens is 1. The van der Waals surface area contributed by atoms with Crippen molar-refractivity contribution in [1.82, 2.24) is 0 Å². The van der Waals surface area contributed by atoms with Crippen molar-refractivity contribution in [3.63, 3.8) is 0 Å². The van der Waals surface area contributed by atoms with Crippen molar-refractivity contribution in [2.45, 2.75) is 12.2 Å². The van der Waals surface area contributed by atoms with E-state index in [1.807, 2.05) is 6.07 Å². The Morgan fingerprint density at radius 2 is 2.20 bits per heavy atom. The molecule has 6 heteroatoms. The average Bonchev–Trinajstić information content (AvgIpc) is 2.24. The zero-order valence-electron chi connectivity index (χ0n) is 7.79. The summed E-state index contributed by atoms with van der Waals surface area (Å²) >= 11 is 3.26. The number of rotatable bonds is 4. The minimum absolute atomic E-state index is 0.149. The van der Waals surface area contributed by atoms with Crippen LogP contribution in [0, 0.1) is 0 Å². The summed E-state index contributed by atoms with van der Waals surface area (Å²) in [5, 5.41) is 22.3.